The van der Waals surface area contributed by atoms with Gasteiger partial charge in [0.05, 0.1) is 12.0 Å². The summed E-state index contributed by atoms with van der Waals surface area (Å²) in [6.45, 7) is 4.07. The van der Waals surface area contributed by atoms with Gasteiger partial charge in [-0.05, 0) is 44.6 Å². The number of H-pyrrole nitrogens is 1. The smallest absolute Gasteiger partial charge is 0.319 e. The van der Waals surface area contributed by atoms with E-state index in [1.54, 1.807) is 18.3 Å². The molecule has 0 aromatic carbocycles. The number of ether oxygens (including phenoxy) is 1. The van der Waals surface area contributed by atoms with Crippen molar-refractivity contribution < 1.29 is 9.53 Å². The van der Waals surface area contributed by atoms with E-state index in [4.69, 9.17) is 4.74 Å². The summed E-state index contributed by atoms with van der Waals surface area (Å²) in [4.78, 5) is 33.9. The van der Waals surface area contributed by atoms with E-state index < -0.39 is 0 Å². The molecule has 124 valence electrons. The number of aromatic amines is 1. The molecule has 0 amide bonds. The standard InChI is InChI=1S/C16H20N2O3S2/c1-3-10(15(20)21-4-2)23-16-17-13(19)12-9-7-5-6-8-11(9)22-14(12)18-16/h10H,3-8H2,1-2H3,(H,17,18,19). The van der Waals surface area contributed by atoms with Crippen LogP contribution >= 0.6 is 23.1 Å². The molecule has 1 aliphatic rings. The maximum Gasteiger partial charge on any atom is 0.319 e. The molecule has 0 aliphatic heterocycles. The van der Waals surface area contributed by atoms with Gasteiger partial charge in [0.25, 0.3) is 5.56 Å². The van der Waals surface area contributed by atoms with Crippen molar-refractivity contribution in [1.82, 2.24) is 9.97 Å². The fourth-order valence-corrected chi connectivity index (χ4v) is 5.08. The van der Waals surface area contributed by atoms with Gasteiger partial charge in [-0.1, -0.05) is 18.7 Å². The van der Waals surface area contributed by atoms with Gasteiger partial charge in [0.1, 0.15) is 10.1 Å². The molecule has 2 aromatic rings. The van der Waals surface area contributed by atoms with Crippen LogP contribution in [-0.4, -0.2) is 27.8 Å². The van der Waals surface area contributed by atoms with Crippen molar-refractivity contribution in [2.45, 2.75) is 56.4 Å². The Balaban J connectivity index is 1.93. The number of nitrogens with one attached hydrogen (secondary N) is 1. The number of esters is 1. The first kappa shape index (κ1) is 16.5. The van der Waals surface area contributed by atoms with Crippen molar-refractivity contribution in [3.05, 3.63) is 20.8 Å². The fourth-order valence-electron chi connectivity index (χ4n) is 2.87. The summed E-state index contributed by atoms with van der Waals surface area (Å²) < 4.78 is 5.07. The van der Waals surface area contributed by atoms with Crippen LogP contribution in [0.4, 0.5) is 0 Å². The highest BCUT2D eigenvalue weighted by molar-refractivity contribution is 8.00. The number of carbonyl (C=O) groups excluding carboxylic acids is 1. The SMILES string of the molecule is CCOC(=O)C(CC)Sc1nc2sc3c(c2c(=O)[nH]1)CCCC3. The van der Waals surface area contributed by atoms with Crippen LogP contribution in [0, 0.1) is 0 Å². The quantitative estimate of drug-likeness (QED) is 0.508. The van der Waals surface area contributed by atoms with Gasteiger partial charge in [-0.3, -0.25) is 9.59 Å². The summed E-state index contributed by atoms with van der Waals surface area (Å²) in [6.07, 6.45) is 4.95. The third-order valence-corrected chi connectivity index (χ3v) is 6.39. The first-order valence-corrected chi connectivity index (χ1v) is 9.71. The normalized spacial score (nSPS) is 15.4. The Hall–Kier alpha value is -1.34. The molecule has 1 unspecified atom stereocenters. The largest absolute Gasteiger partial charge is 0.465 e. The number of hydrogen-bond donors (Lipinski definition) is 1. The summed E-state index contributed by atoms with van der Waals surface area (Å²) in [6, 6.07) is 0. The lowest BCUT2D eigenvalue weighted by Gasteiger charge is -2.12. The van der Waals surface area contributed by atoms with Crippen molar-refractivity contribution in [2.24, 2.45) is 0 Å². The Morgan fingerprint density at radius 3 is 2.91 bits per heavy atom. The lowest BCUT2D eigenvalue weighted by molar-refractivity contribution is -0.142. The molecular weight excluding hydrogens is 332 g/mol. The van der Waals surface area contributed by atoms with Crippen molar-refractivity contribution in [2.75, 3.05) is 6.61 Å². The minimum absolute atomic E-state index is 0.0874. The van der Waals surface area contributed by atoms with Crippen LogP contribution in [0.25, 0.3) is 10.2 Å². The highest BCUT2D eigenvalue weighted by Gasteiger charge is 2.23. The van der Waals surface area contributed by atoms with E-state index in [9.17, 15) is 9.59 Å². The second-order valence-electron chi connectivity index (χ2n) is 5.53. The number of fused-ring (bicyclic) bond motifs is 3. The molecule has 3 rings (SSSR count). The Morgan fingerprint density at radius 2 is 2.17 bits per heavy atom. The zero-order chi connectivity index (χ0) is 16.4. The lowest BCUT2D eigenvalue weighted by atomic mass is 9.97. The van der Waals surface area contributed by atoms with Crippen LogP contribution in [0.15, 0.2) is 9.95 Å². The summed E-state index contributed by atoms with van der Waals surface area (Å²) in [5.74, 6) is -0.256. The van der Waals surface area contributed by atoms with Crippen LogP contribution in [0.2, 0.25) is 0 Å². The van der Waals surface area contributed by atoms with E-state index in [2.05, 4.69) is 9.97 Å². The van der Waals surface area contributed by atoms with Crippen molar-refractivity contribution in [1.29, 1.82) is 0 Å². The summed E-state index contributed by atoms with van der Waals surface area (Å²) in [5.41, 5.74) is 1.09. The minimum atomic E-state index is -0.342. The molecular formula is C16H20N2O3S2. The number of aromatic nitrogens is 2. The van der Waals surface area contributed by atoms with E-state index in [-0.39, 0.29) is 16.8 Å². The molecule has 0 saturated carbocycles. The molecule has 1 N–H and O–H groups in total. The van der Waals surface area contributed by atoms with Crippen molar-refractivity contribution >= 4 is 39.3 Å². The van der Waals surface area contributed by atoms with E-state index in [0.717, 1.165) is 29.5 Å². The molecule has 0 spiro atoms. The van der Waals surface area contributed by atoms with Gasteiger partial charge < -0.3 is 9.72 Å². The molecule has 5 nitrogen and oxygen atoms in total. The Kier molecular flexibility index (Phi) is 5.06. The highest BCUT2D eigenvalue weighted by atomic mass is 32.2. The number of nitrogens with zero attached hydrogens (tertiary/aromatic N) is 1. The molecule has 0 fully saturated rings. The Labute approximate surface area is 142 Å². The predicted molar refractivity (Wildman–Crippen MR) is 93.5 cm³/mol. The second kappa shape index (κ2) is 7.05. The molecule has 23 heavy (non-hydrogen) atoms. The number of carbonyl (C=O) groups is 1. The zero-order valence-corrected chi connectivity index (χ0v) is 14.9. The van der Waals surface area contributed by atoms with E-state index >= 15 is 0 Å². The summed E-state index contributed by atoms with van der Waals surface area (Å²) in [5, 5.41) is 0.907. The minimum Gasteiger partial charge on any atom is -0.465 e. The van der Waals surface area contributed by atoms with Crippen LogP contribution in [-0.2, 0) is 22.4 Å². The maximum absolute atomic E-state index is 12.5. The number of aryl methyl sites for hydroxylation is 2. The van der Waals surface area contributed by atoms with Gasteiger partial charge in [0, 0.05) is 4.88 Å². The topological polar surface area (TPSA) is 72.0 Å². The van der Waals surface area contributed by atoms with Gasteiger partial charge >= 0.3 is 5.97 Å². The van der Waals surface area contributed by atoms with Gasteiger partial charge in [0.2, 0.25) is 0 Å². The number of thioether (sulfide) groups is 1. The average molecular weight is 352 g/mol. The Bertz CT molecular complexity index is 781. The van der Waals surface area contributed by atoms with Crippen LogP contribution < -0.4 is 5.56 Å². The molecule has 1 atom stereocenters. The Morgan fingerprint density at radius 1 is 1.39 bits per heavy atom. The lowest BCUT2D eigenvalue weighted by Crippen LogP contribution is -2.20. The molecule has 0 bridgehead atoms. The number of rotatable bonds is 5. The predicted octanol–water partition coefficient (Wildman–Crippen LogP) is 3.30. The van der Waals surface area contributed by atoms with Gasteiger partial charge in [-0.25, -0.2) is 4.98 Å². The molecule has 1 aliphatic carbocycles. The molecule has 2 aromatic heterocycles. The fraction of sp³-hybridized carbons (Fsp3) is 0.562. The third kappa shape index (κ3) is 3.30. The van der Waals surface area contributed by atoms with Crippen LogP contribution in [0.1, 0.15) is 43.6 Å². The van der Waals surface area contributed by atoms with E-state index in [1.807, 2.05) is 6.92 Å². The van der Waals surface area contributed by atoms with E-state index in [0.29, 0.717) is 18.2 Å². The first-order valence-electron chi connectivity index (χ1n) is 8.01. The van der Waals surface area contributed by atoms with Gasteiger partial charge in [-0.2, -0.15) is 0 Å². The first-order chi connectivity index (χ1) is 11.1. The maximum atomic E-state index is 12.5. The van der Waals surface area contributed by atoms with Crippen molar-refractivity contribution in [3.8, 4) is 0 Å². The van der Waals surface area contributed by atoms with Crippen molar-refractivity contribution in [3.63, 3.8) is 0 Å². The van der Waals surface area contributed by atoms with Gasteiger partial charge in [-0.15, -0.1) is 11.3 Å². The van der Waals surface area contributed by atoms with E-state index in [1.165, 1.54) is 28.6 Å². The monoisotopic (exact) mass is 352 g/mol. The number of hydrogen-bond acceptors (Lipinski definition) is 6. The summed E-state index contributed by atoms with van der Waals surface area (Å²) >= 11 is 2.90. The van der Waals surface area contributed by atoms with Crippen LogP contribution in [0.5, 0.6) is 0 Å². The zero-order valence-electron chi connectivity index (χ0n) is 13.3. The average Bonchev–Trinajstić information content (AvgIpc) is 2.91. The third-order valence-electron chi connectivity index (χ3n) is 3.98. The molecule has 2 heterocycles. The molecule has 0 saturated heterocycles. The van der Waals surface area contributed by atoms with Gasteiger partial charge in [0.15, 0.2) is 5.16 Å². The highest BCUT2D eigenvalue weighted by Crippen LogP contribution is 2.34. The summed E-state index contributed by atoms with van der Waals surface area (Å²) in [7, 11) is 0. The van der Waals surface area contributed by atoms with Crippen LogP contribution in [0.3, 0.4) is 0 Å². The molecule has 7 heteroatoms. The molecule has 0 radical (unpaired) electrons. The second-order valence-corrected chi connectivity index (χ2v) is 7.80. The number of thiophene rings is 1.